The number of carbonyl (C=O) groups excluding carboxylic acids is 1. The number of carbonyl (C=O) groups is 1. The Morgan fingerprint density at radius 3 is 2.65 bits per heavy atom. The second kappa shape index (κ2) is 8.92. The molecule has 1 aliphatic rings. The molecule has 5 nitrogen and oxygen atoms in total. The van der Waals surface area contributed by atoms with Crippen LogP contribution in [0.1, 0.15) is 17.5 Å². The summed E-state index contributed by atoms with van der Waals surface area (Å²) in [5.74, 6) is 1.19. The average Bonchev–Trinajstić information content (AvgIpc) is 2.66. The number of nitrogens with two attached hydrogens (primary N) is 1. The van der Waals surface area contributed by atoms with Gasteiger partial charge in [0, 0.05) is 13.1 Å². The van der Waals surface area contributed by atoms with Crippen LogP contribution in [0.2, 0.25) is 5.02 Å². The highest BCUT2D eigenvalue weighted by molar-refractivity contribution is 6.32. The zero-order valence-corrected chi connectivity index (χ0v) is 15.4. The van der Waals surface area contributed by atoms with Gasteiger partial charge in [0.05, 0.1) is 11.4 Å². The Hall–Kier alpha value is -2.24. The van der Waals surface area contributed by atoms with E-state index in [0.717, 1.165) is 17.5 Å². The monoisotopic (exact) mass is 374 g/mol. The van der Waals surface area contributed by atoms with Gasteiger partial charge in [-0.1, -0.05) is 41.9 Å². The van der Waals surface area contributed by atoms with Gasteiger partial charge in [0.1, 0.15) is 13.2 Å². The van der Waals surface area contributed by atoms with Crippen LogP contribution in [-0.2, 0) is 17.8 Å². The van der Waals surface area contributed by atoms with Crippen LogP contribution in [0.5, 0.6) is 11.5 Å². The fourth-order valence-electron chi connectivity index (χ4n) is 2.93. The number of nitrogens with zero attached hydrogens (tertiary/aromatic N) is 1. The third kappa shape index (κ3) is 4.68. The van der Waals surface area contributed by atoms with Crippen LogP contribution in [0.3, 0.4) is 0 Å². The maximum atomic E-state index is 12.9. The third-order valence-electron chi connectivity index (χ3n) is 4.21. The molecular weight excluding hydrogens is 352 g/mol. The van der Waals surface area contributed by atoms with Gasteiger partial charge in [-0.05, 0) is 36.2 Å². The summed E-state index contributed by atoms with van der Waals surface area (Å²) in [4.78, 5) is 14.7. The molecule has 0 atom stereocenters. The SMILES string of the molecule is NCCCN(Cc1ccccc1)C(=O)Cc1cc(Cl)c2c(c1)OCCO2. The summed E-state index contributed by atoms with van der Waals surface area (Å²) in [6.07, 6.45) is 1.02. The van der Waals surface area contributed by atoms with Gasteiger partial charge in [-0.3, -0.25) is 4.79 Å². The second-order valence-electron chi connectivity index (χ2n) is 6.22. The molecule has 2 N–H and O–H groups in total. The summed E-state index contributed by atoms with van der Waals surface area (Å²) in [6, 6.07) is 13.6. The molecule has 0 radical (unpaired) electrons. The number of rotatable bonds is 7. The first kappa shape index (κ1) is 18.5. The number of amides is 1. The summed E-state index contributed by atoms with van der Waals surface area (Å²) in [5, 5.41) is 0.474. The molecule has 0 spiro atoms. The first-order valence-corrected chi connectivity index (χ1v) is 9.15. The smallest absolute Gasteiger partial charge is 0.227 e. The van der Waals surface area contributed by atoms with Crippen molar-refractivity contribution in [1.29, 1.82) is 0 Å². The number of fused-ring (bicyclic) bond motifs is 1. The largest absolute Gasteiger partial charge is 0.486 e. The minimum Gasteiger partial charge on any atom is -0.486 e. The lowest BCUT2D eigenvalue weighted by Crippen LogP contribution is -2.33. The van der Waals surface area contributed by atoms with E-state index in [1.54, 1.807) is 6.07 Å². The molecule has 0 bridgehead atoms. The van der Waals surface area contributed by atoms with E-state index in [1.165, 1.54) is 0 Å². The quantitative estimate of drug-likeness (QED) is 0.809. The third-order valence-corrected chi connectivity index (χ3v) is 4.49. The standard InChI is InChI=1S/C20H23ClN2O3/c21-17-11-16(12-18-20(17)26-10-9-25-18)13-19(24)23(8-4-7-22)14-15-5-2-1-3-6-15/h1-3,5-6,11-12H,4,7-10,13-14,22H2. The molecule has 0 unspecified atom stereocenters. The maximum absolute atomic E-state index is 12.9. The molecular formula is C20H23ClN2O3. The molecule has 26 heavy (non-hydrogen) atoms. The Labute approximate surface area is 158 Å². The molecule has 0 saturated heterocycles. The highest BCUT2D eigenvalue weighted by atomic mass is 35.5. The van der Waals surface area contributed by atoms with Crippen LogP contribution in [0, 0.1) is 0 Å². The van der Waals surface area contributed by atoms with Crippen molar-refractivity contribution in [2.75, 3.05) is 26.3 Å². The van der Waals surface area contributed by atoms with Crippen molar-refractivity contribution in [1.82, 2.24) is 4.90 Å². The molecule has 138 valence electrons. The molecule has 1 amide bonds. The van der Waals surface area contributed by atoms with Crippen molar-refractivity contribution in [2.45, 2.75) is 19.4 Å². The molecule has 1 aliphatic heterocycles. The van der Waals surface area contributed by atoms with Crippen molar-refractivity contribution < 1.29 is 14.3 Å². The van der Waals surface area contributed by atoms with Gasteiger partial charge in [0.25, 0.3) is 0 Å². The van der Waals surface area contributed by atoms with Gasteiger partial charge in [-0.2, -0.15) is 0 Å². The Kier molecular flexibility index (Phi) is 6.36. The van der Waals surface area contributed by atoms with Crippen LogP contribution >= 0.6 is 11.6 Å². The van der Waals surface area contributed by atoms with Crippen molar-refractivity contribution in [3.05, 3.63) is 58.6 Å². The summed E-state index contributed by atoms with van der Waals surface area (Å²) in [6.45, 7) is 2.71. The van der Waals surface area contributed by atoms with E-state index in [1.807, 2.05) is 41.3 Å². The van der Waals surface area contributed by atoms with E-state index in [-0.39, 0.29) is 12.3 Å². The molecule has 3 rings (SSSR count). The van der Waals surface area contributed by atoms with Crippen LogP contribution in [0.4, 0.5) is 0 Å². The minimum atomic E-state index is 0.0371. The fourth-order valence-corrected chi connectivity index (χ4v) is 3.22. The number of hydrogen-bond acceptors (Lipinski definition) is 4. The molecule has 0 fully saturated rings. The van der Waals surface area contributed by atoms with Crippen molar-refractivity contribution in [3.63, 3.8) is 0 Å². The molecule has 0 aliphatic carbocycles. The predicted octanol–water partition coefficient (Wildman–Crippen LogP) is 3.03. The summed E-state index contributed by atoms with van der Waals surface area (Å²) >= 11 is 6.28. The lowest BCUT2D eigenvalue weighted by atomic mass is 10.1. The van der Waals surface area contributed by atoms with Crippen LogP contribution in [-0.4, -0.2) is 37.1 Å². The summed E-state index contributed by atoms with van der Waals surface area (Å²) < 4.78 is 11.1. The van der Waals surface area contributed by atoms with E-state index in [2.05, 4.69) is 0 Å². The number of ether oxygens (including phenoxy) is 2. The Balaban J connectivity index is 1.73. The van der Waals surface area contributed by atoms with Crippen LogP contribution in [0.25, 0.3) is 0 Å². The molecule has 6 heteroatoms. The predicted molar refractivity (Wildman–Crippen MR) is 102 cm³/mol. The first-order valence-electron chi connectivity index (χ1n) is 8.77. The number of halogens is 1. The van der Waals surface area contributed by atoms with E-state index in [0.29, 0.717) is 49.4 Å². The van der Waals surface area contributed by atoms with Gasteiger partial charge in [0.15, 0.2) is 11.5 Å². The minimum absolute atomic E-state index is 0.0371. The van der Waals surface area contributed by atoms with Gasteiger partial charge in [0.2, 0.25) is 5.91 Å². The summed E-state index contributed by atoms with van der Waals surface area (Å²) in [5.41, 5.74) is 7.54. The molecule has 2 aromatic rings. The molecule has 2 aromatic carbocycles. The summed E-state index contributed by atoms with van der Waals surface area (Å²) in [7, 11) is 0. The van der Waals surface area contributed by atoms with Crippen molar-refractivity contribution in [3.8, 4) is 11.5 Å². The topological polar surface area (TPSA) is 64.8 Å². The fraction of sp³-hybridized carbons (Fsp3) is 0.350. The van der Waals surface area contributed by atoms with Crippen LogP contribution < -0.4 is 15.2 Å². The van der Waals surface area contributed by atoms with Crippen LogP contribution in [0.15, 0.2) is 42.5 Å². The van der Waals surface area contributed by atoms with Gasteiger partial charge >= 0.3 is 0 Å². The zero-order valence-electron chi connectivity index (χ0n) is 14.6. The maximum Gasteiger partial charge on any atom is 0.227 e. The van der Waals surface area contributed by atoms with E-state index < -0.39 is 0 Å². The molecule has 1 heterocycles. The zero-order chi connectivity index (χ0) is 18.4. The van der Waals surface area contributed by atoms with Gasteiger partial charge in [-0.15, -0.1) is 0 Å². The second-order valence-corrected chi connectivity index (χ2v) is 6.63. The number of benzene rings is 2. The van der Waals surface area contributed by atoms with Gasteiger partial charge < -0.3 is 20.1 Å². The van der Waals surface area contributed by atoms with E-state index in [9.17, 15) is 4.79 Å². The Morgan fingerprint density at radius 2 is 1.88 bits per heavy atom. The molecule has 0 saturated carbocycles. The van der Waals surface area contributed by atoms with Crippen molar-refractivity contribution in [2.24, 2.45) is 5.73 Å². The highest BCUT2D eigenvalue weighted by Crippen LogP contribution is 2.38. The average molecular weight is 375 g/mol. The number of hydrogen-bond donors (Lipinski definition) is 1. The van der Waals surface area contributed by atoms with Crippen molar-refractivity contribution >= 4 is 17.5 Å². The Bertz CT molecular complexity index is 752. The van der Waals surface area contributed by atoms with E-state index in [4.69, 9.17) is 26.8 Å². The lowest BCUT2D eigenvalue weighted by molar-refractivity contribution is -0.131. The normalized spacial score (nSPS) is 12.7. The Morgan fingerprint density at radius 1 is 1.12 bits per heavy atom. The lowest BCUT2D eigenvalue weighted by Gasteiger charge is -2.24. The van der Waals surface area contributed by atoms with E-state index >= 15 is 0 Å². The first-order chi connectivity index (χ1) is 12.7. The molecule has 0 aromatic heterocycles. The van der Waals surface area contributed by atoms with Gasteiger partial charge in [-0.25, -0.2) is 0 Å². The highest BCUT2D eigenvalue weighted by Gasteiger charge is 2.20.